The van der Waals surface area contributed by atoms with Crippen LogP contribution < -0.4 is 9.84 Å². The Morgan fingerprint density at radius 2 is 1.63 bits per heavy atom. The van der Waals surface area contributed by atoms with Crippen LogP contribution in [0.2, 0.25) is 0 Å². The van der Waals surface area contributed by atoms with Crippen molar-refractivity contribution in [2.24, 2.45) is 0 Å². The molecule has 0 aliphatic heterocycles. The second-order valence-electron chi connectivity index (χ2n) is 6.49. The Balaban J connectivity index is 1.56. The van der Waals surface area contributed by atoms with Gasteiger partial charge in [-0.2, -0.15) is 0 Å². The van der Waals surface area contributed by atoms with E-state index < -0.39 is 12.6 Å². The van der Waals surface area contributed by atoms with E-state index in [4.69, 9.17) is 14.1 Å². The topological polar surface area (TPSA) is 75.4 Å². The van der Waals surface area contributed by atoms with Crippen LogP contribution in [0.15, 0.2) is 94.6 Å². The molecule has 0 amide bonds. The molecule has 0 aliphatic carbocycles. The fraction of sp³-hybridized carbons (Fsp3) is 0.0833. The first-order valence-electron chi connectivity index (χ1n) is 9.35. The van der Waals surface area contributed by atoms with E-state index in [0.717, 1.165) is 28.1 Å². The average Bonchev–Trinajstić information content (AvgIpc) is 3.22. The van der Waals surface area contributed by atoms with E-state index in [-0.39, 0.29) is 0 Å². The molecule has 3 aromatic carbocycles. The van der Waals surface area contributed by atoms with Gasteiger partial charge < -0.3 is 19.1 Å². The summed E-state index contributed by atoms with van der Waals surface area (Å²) in [4.78, 5) is 15.3. The molecule has 0 radical (unpaired) electrons. The minimum atomic E-state index is -1.25. The van der Waals surface area contributed by atoms with Crippen molar-refractivity contribution in [3.63, 3.8) is 0 Å². The van der Waals surface area contributed by atoms with E-state index in [2.05, 4.69) is 0 Å². The summed E-state index contributed by atoms with van der Waals surface area (Å²) in [7, 11) is 0. The smallest absolute Gasteiger partial charge is 0.257 e. The fourth-order valence-corrected chi connectivity index (χ4v) is 3.72. The molecule has 30 heavy (non-hydrogen) atoms. The number of carboxylic acids is 1. The monoisotopic (exact) mass is 416 g/mol. The molecule has 0 N–H and O–H groups in total. The summed E-state index contributed by atoms with van der Waals surface area (Å²) in [5.41, 5.74) is 3.73. The number of carboxylic acid groups (broad SMARTS) is 1. The maximum Gasteiger partial charge on any atom is 0.257 e. The standard InChI is InChI=1S/C24H19NO4S/c26-21(27)15-28-20-13-7-8-17(14-20)16-30-24-25-22(18-9-3-1-4-10-18)23(29-24)19-11-5-2-6-12-19/h1-14H,15-16H2,(H,26,27)/p-1. The maximum atomic E-state index is 10.6. The van der Waals surface area contributed by atoms with E-state index >= 15 is 0 Å². The molecule has 0 spiro atoms. The number of rotatable bonds is 8. The van der Waals surface area contributed by atoms with Crippen molar-refractivity contribution in [2.45, 2.75) is 11.0 Å². The molecule has 0 fully saturated rings. The van der Waals surface area contributed by atoms with E-state index in [1.54, 1.807) is 12.1 Å². The van der Waals surface area contributed by atoms with Gasteiger partial charge >= 0.3 is 0 Å². The number of hydrogen-bond acceptors (Lipinski definition) is 6. The van der Waals surface area contributed by atoms with Crippen LogP contribution in [0.5, 0.6) is 5.75 Å². The highest BCUT2D eigenvalue weighted by molar-refractivity contribution is 7.98. The highest BCUT2D eigenvalue weighted by atomic mass is 32.2. The highest BCUT2D eigenvalue weighted by Crippen LogP contribution is 2.36. The summed E-state index contributed by atoms with van der Waals surface area (Å²) in [6.45, 7) is -0.475. The second-order valence-corrected chi connectivity index (χ2v) is 7.41. The Hall–Kier alpha value is -3.51. The molecule has 4 aromatic rings. The van der Waals surface area contributed by atoms with Crippen molar-refractivity contribution < 1.29 is 19.1 Å². The number of hydrogen-bond donors (Lipinski definition) is 0. The quantitative estimate of drug-likeness (QED) is 0.396. The number of benzene rings is 3. The van der Waals surface area contributed by atoms with Crippen molar-refractivity contribution in [2.75, 3.05) is 6.61 Å². The molecular weight excluding hydrogens is 398 g/mol. The number of ether oxygens (including phenoxy) is 1. The molecule has 0 unspecified atom stereocenters. The summed E-state index contributed by atoms with van der Waals surface area (Å²) < 4.78 is 11.3. The number of nitrogens with zero attached hydrogens (tertiary/aromatic N) is 1. The molecule has 0 atom stereocenters. The van der Waals surface area contributed by atoms with E-state index in [0.29, 0.717) is 16.7 Å². The van der Waals surface area contributed by atoms with Crippen LogP contribution >= 0.6 is 11.8 Å². The van der Waals surface area contributed by atoms with Gasteiger partial charge in [-0.05, 0) is 17.7 Å². The Morgan fingerprint density at radius 3 is 2.33 bits per heavy atom. The number of aromatic nitrogens is 1. The molecular formula is C24H18NO4S-. The molecule has 5 nitrogen and oxygen atoms in total. The van der Waals surface area contributed by atoms with Gasteiger partial charge in [0.25, 0.3) is 5.22 Å². The van der Waals surface area contributed by atoms with Crippen LogP contribution in [0.3, 0.4) is 0 Å². The normalized spacial score (nSPS) is 10.7. The molecule has 1 aromatic heterocycles. The lowest BCUT2D eigenvalue weighted by Crippen LogP contribution is -2.28. The van der Waals surface area contributed by atoms with Crippen molar-refractivity contribution in [1.82, 2.24) is 4.98 Å². The third-order valence-corrected chi connectivity index (χ3v) is 5.21. The van der Waals surface area contributed by atoms with E-state index in [1.807, 2.05) is 72.8 Å². The zero-order chi connectivity index (χ0) is 20.8. The van der Waals surface area contributed by atoms with Crippen LogP contribution in [0.1, 0.15) is 5.56 Å². The van der Waals surface area contributed by atoms with Crippen LogP contribution in [-0.2, 0) is 10.5 Å². The van der Waals surface area contributed by atoms with Crippen molar-refractivity contribution in [3.8, 4) is 28.3 Å². The lowest BCUT2D eigenvalue weighted by molar-refractivity contribution is -0.307. The number of carbonyl (C=O) groups excluding carboxylic acids is 1. The van der Waals surface area contributed by atoms with E-state index in [9.17, 15) is 9.90 Å². The van der Waals surface area contributed by atoms with Gasteiger partial charge in [0.2, 0.25) is 0 Å². The average molecular weight is 416 g/mol. The fourth-order valence-electron chi connectivity index (χ4n) is 2.95. The molecule has 1 heterocycles. The van der Waals surface area contributed by atoms with Gasteiger partial charge in [-0.3, -0.25) is 0 Å². The number of oxazole rings is 1. The van der Waals surface area contributed by atoms with Gasteiger partial charge in [-0.25, -0.2) is 4.98 Å². The van der Waals surface area contributed by atoms with Crippen LogP contribution in [0, 0.1) is 0 Å². The van der Waals surface area contributed by atoms with Crippen molar-refractivity contribution in [3.05, 3.63) is 90.5 Å². The Bertz CT molecular complexity index is 1070. The third-order valence-electron chi connectivity index (χ3n) is 4.31. The highest BCUT2D eigenvalue weighted by Gasteiger charge is 2.17. The van der Waals surface area contributed by atoms with Gasteiger partial charge in [0.15, 0.2) is 5.76 Å². The number of thioether (sulfide) groups is 1. The van der Waals surface area contributed by atoms with Gasteiger partial charge in [0.1, 0.15) is 18.1 Å². The molecule has 0 saturated carbocycles. The van der Waals surface area contributed by atoms with Crippen LogP contribution in [0.4, 0.5) is 0 Å². The summed E-state index contributed by atoms with van der Waals surface area (Å²) >= 11 is 1.47. The molecule has 150 valence electrons. The number of carbonyl (C=O) groups is 1. The first-order valence-corrected chi connectivity index (χ1v) is 10.3. The van der Waals surface area contributed by atoms with Crippen LogP contribution in [-0.4, -0.2) is 17.6 Å². The molecule has 6 heteroatoms. The third kappa shape index (κ3) is 4.90. The molecule has 0 aliphatic rings. The molecule has 0 bridgehead atoms. The first kappa shape index (κ1) is 19.8. The predicted octanol–water partition coefficient (Wildman–Crippen LogP) is 4.43. The zero-order valence-corrected chi connectivity index (χ0v) is 16.8. The largest absolute Gasteiger partial charge is 0.546 e. The second kappa shape index (κ2) is 9.33. The van der Waals surface area contributed by atoms with Crippen molar-refractivity contribution in [1.29, 1.82) is 0 Å². The predicted molar refractivity (Wildman–Crippen MR) is 114 cm³/mol. The zero-order valence-electron chi connectivity index (χ0n) is 16.0. The van der Waals surface area contributed by atoms with E-state index in [1.165, 1.54) is 11.8 Å². The van der Waals surface area contributed by atoms with Crippen LogP contribution in [0.25, 0.3) is 22.6 Å². The Morgan fingerprint density at radius 1 is 0.933 bits per heavy atom. The number of aliphatic carboxylic acids is 1. The van der Waals surface area contributed by atoms with Crippen molar-refractivity contribution >= 4 is 17.7 Å². The summed E-state index contributed by atoms with van der Waals surface area (Å²) in [6.07, 6.45) is 0. The Kier molecular flexibility index (Phi) is 6.15. The summed E-state index contributed by atoms with van der Waals surface area (Å²) in [5.74, 6) is 0.567. The lowest BCUT2D eigenvalue weighted by Gasteiger charge is -2.07. The molecule has 4 rings (SSSR count). The summed E-state index contributed by atoms with van der Waals surface area (Å²) in [5, 5.41) is 11.1. The van der Waals surface area contributed by atoms with Gasteiger partial charge in [0.05, 0.1) is 5.97 Å². The maximum absolute atomic E-state index is 10.6. The minimum absolute atomic E-state index is 0.475. The SMILES string of the molecule is O=C([O-])COc1cccc(CSc2nc(-c3ccccc3)c(-c3ccccc3)o2)c1. The summed E-state index contributed by atoms with van der Waals surface area (Å²) in [6, 6.07) is 27.1. The lowest BCUT2D eigenvalue weighted by atomic mass is 10.1. The van der Waals surface area contributed by atoms with Gasteiger partial charge in [-0.15, -0.1) is 0 Å². The molecule has 0 saturated heterocycles. The Labute approximate surface area is 178 Å². The first-order chi connectivity index (χ1) is 14.7. The van der Waals surface area contributed by atoms with Gasteiger partial charge in [0, 0.05) is 16.9 Å². The van der Waals surface area contributed by atoms with Gasteiger partial charge in [-0.1, -0.05) is 84.6 Å². The minimum Gasteiger partial charge on any atom is -0.546 e.